The number of terminal acetylenes is 1. The summed E-state index contributed by atoms with van der Waals surface area (Å²) in [6, 6.07) is 8.18. The predicted octanol–water partition coefficient (Wildman–Crippen LogP) is 0.877. The number of benzene rings is 1. The number of carbonyl (C=O) groups excluding carboxylic acids is 1. The summed E-state index contributed by atoms with van der Waals surface area (Å²) >= 11 is 0. The molecule has 0 atom stereocenters. The maximum Gasteiger partial charge on any atom is 0.233 e. The molecule has 0 aliphatic rings. The van der Waals surface area contributed by atoms with Crippen molar-refractivity contribution >= 4 is 5.91 Å². The molecule has 0 heterocycles. The van der Waals surface area contributed by atoms with Crippen LogP contribution in [0.25, 0.3) is 0 Å². The first kappa shape index (κ1) is 13.3. The fraction of sp³-hybridized carbons (Fsp3) is 0.357. The molecule has 90 valence electrons. The minimum absolute atomic E-state index is 0.0196. The molecule has 0 unspecified atom stereocenters. The van der Waals surface area contributed by atoms with E-state index in [9.17, 15) is 4.79 Å². The van der Waals surface area contributed by atoms with Crippen LogP contribution < -0.4 is 10.6 Å². The van der Waals surface area contributed by atoms with E-state index < -0.39 is 0 Å². The van der Waals surface area contributed by atoms with E-state index in [1.54, 1.807) is 0 Å². The number of nitrogens with one attached hydrogen (secondary N) is 2. The third-order valence-electron chi connectivity index (χ3n) is 2.49. The van der Waals surface area contributed by atoms with Crippen molar-refractivity contribution in [2.75, 3.05) is 19.6 Å². The molecule has 3 nitrogen and oxygen atoms in total. The van der Waals surface area contributed by atoms with Crippen LogP contribution in [0.2, 0.25) is 0 Å². The molecule has 3 heteroatoms. The van der Waals surface area contributed by atoms with Crippen LogP contribution in [0.15, 0.2) is 24.3 Å². The molecular formula is C14H18N2O. The van der Waals surface area contributed by atoms with Gasteiger partial charge in [-0.1, -0.05) is 30.2 Å². The third-order valence-corrected chi connectivity index (χ3v) is 2.49. The second kappa shape index (κ2) is 7.48. The van der Waals surface area contributed by atoms with Crippen molar-refractivity contribution in [3.63, 3.8) is 0 Å². The van der Waals surface area contributed by atoms with Gasteiger partial charge in [-0.2, -0.15) is 0 Å². The lowest BCUT2D eigenvalue weighted by Crippen LogP contribution is -2.35. The van der Waals surface area contributed by atoms with Crippen molar-refractivity contribution in [1.82, 2.24) is 10.6 Å². The predicted molar refractivity (Wildman–Crippen MR) is 69.6 cm³/mol. The van der Waals surface area contributed by atoms with Crippen LogP contribution in [0.4, 0.5) is 0 Å². The van der Waals surface area contributed by atoms with Gasteiger partial charge < -0.3 is 5.32 Å². The Kier molecular flexibility index (Phi) is 5.84. The summed E-state index contributed by atoms with van der Waals surface area (Å²) in [6.07, 6.45) is 5.92. The molecule has 2 N–H and O–H groups in total. The molecule has 1 aromatic carbocycles. The van der Waals surface area contributed by atoms with Crippen molar-refractivity contribution in [2.24, 2.45) is 0 Å². The monoisotopic (exact) mass is 230 g/mol. The van der Waals surface area contributed by atoms with Crippen molar-refractivity contribution in [1.29, 1.82) is 0 Å². The van der Waals surface area contributed by atoms with Gasteiger partial charge in [0.25, 0.3) is 0 Å². The normalized spacial score (nSPS) is 9.65. The Morgan fingerprint density at radius 2 is 2.18 bits per heavy atom. The smallest absolute Gasteiger partial charge is 0.233 e. The highest BCUT2D eigenvalue weighted by molar-refractivity contribution is 5.78. The maximum atomic E-state index is 11.4. The molecule has 0 aliphatic heterocycles. The molecule has 0 saturated heterocycles. The molecule has 0 fully saturated rings. The number of amides is 1. The van der Waals surface area contributed by atoms with Crippen molar-refractivity contribution in [3.05, 3.63) is 35.4 Å². The number of carbonyl (C=O) groups is 1. The molecule has 0 bridgehead atoms. The van der Waals surface area contributed by atoms with E-state index in [1.165, 1.54) is 11.1 Å². The quantitative estimate of drug-likeness (QED) is 0.562. The topological polar surface area (TPSA) is 41.1 Å². The molecule has 0 aromatic heterocycles. The molecule has 0 radical (unpaired) electrons. The Labute approximate surface area is 103 Å². The van der Waals surface area contributed by atoms with E-state index in [1.807, 2.05) is 12.1 Å². The molecule has 1 rings (SSSR count). The van der Waals surface area contributed by atoms with Crippen LogP contribution in [0.1, 0.15) is 11.1 Å². The van der Waals surface area contributed by atoms with E-state index in [4.69, 9.17) is 6.42 Å². The summed E-state index contributed by atoms with van der Waals surface area (Å²) in [5, 5.41) is 5.69. The summed E-state index contributed by atoms with van der Waals surface area (Å²) in [5.41, 5.74) is 2.52. The van der Waals surface area contributed by atoms with Gasteiger partial charge in [-0.25, -0.2) is 0 Å². The van der Waals surface area contributed by atoms with Gasteiger partial charge in [0.1, 0.15) is 0 Å². The minimum atomic E-state index is -0.0196. The summed E-state index contributed by atoms with van der Waals surface area (Å²) in [5.74, 6) is 2.40. The van der Waals surface area contributed by atoms with E-state index >= 15 is 0 Å². The van der Waals surface area contributed by atoms with E-state index in [2.05, 4.69) is 35.6 Å². The lowest BCUT2D eigenvalue weighted by atomic mass is 10.1. The van der Waals surface area contributed by atoms with Crippen molar-refractivity contribution in [3.8, 4) is 12.3 Å². The molecular weight excluding hydrogens is 212 g/mol. The first-order valence-electron chi connectivity index (χ1n) is 5.69. The highest BCUT2D eigenvalue weighted by Crippen LogP contribution is 2.06. The largest absolute Gasteiger partial charge is 0.355 e. The molecule has 17 heavy (non-hydrogen) atoms. The summed E-state index contributed by atoms with van der Waals surface area (Å²) in [7, 11) is 0. The molecule has 1 aromatic rings. The minimum Gasteiger partial charge on any atom is -0.355 e. The Morgan fingerprint density at radius 1 is 1.41 bits per heavy atom. The maximum absolute atomic E-state index is 11.4. The first-order valence-corrected chi connectivity index (χ1v) is 5.69. The molecule has 1 amide bonds. The number of aryl methyl sites for hydroxylation is 1. The van der Waals surface area contributed by atoms with Crippen LogP contribution in [0, 0.1) is 19.3 Å². The van der Waals surface area contributed by atoms with Crippen LogP contribution in [-0.2, 0) is 11.2 Å². The van der Waals surface area contributed by atoms with Gasteiger partial charge >= 0.3 is 0 Å². The SMILES string of the molecule is C#CCNCC(=O)NCCc1ccccc1C. The summed E-state index contributed by atoms with van der Waals surface area (Å²) < 4.78 is 0. The van der Waals surface area contributed by atoms with Crippen LogP contribution >= 0.6 is 0 Å². The van der Waals surface area contributed by atoms with Crippen LogP contribution in [0.5, 0.6) is 0 Å². The van der Waals surface area contributed by atoms with Crippen molar-refractivity contribution in [2.45, 2.75) is 13.3 Å². The van der Waals surface area contributed by atoms with Crippen LogP contribution in [0.3, 0.4) is 0 Å². The van der Waals surface area contributed by atoms with Gasteiger partial charge in [0.05, 0.1) is 13.1 Å². The highest BCUT2D eigenvalue weighted by Gasteiger charge is 2.00. The molecule has 0 aliphatic carbocycles. The van der Waals surface area contributed by atoms with Gasteiger partial charge in [-0.15, -0.1) is 6.42 Å². The number of hydrogen-bond acceptors (Lipinski definition) is 2. The Hall–Kier alpha value is -1.79. The van der Waals surface area contributed by atoms with Gasteiger partial charge in [0, 0.05) is 6.54 Å². The van der Waals surface area contributed by atoms with Gasteiger partial charge in [-0.05, 0) is 24.5 Å². The Balaban J connectivity index is 2.22. The fourth-order valence-electron chi connectivity index (χ4n) is 1.54. The highest BCUT2D eigenvalue weighted by atomic mass is 16.1. The van der Waals surface area contributed by atoms with Gasteiger partial charge in [0.2, 0.25) is 5.91 Å². The van der Waals surface area contributed by atoms with Crippen molar-refractivity contribution < 1.29 is 4.79 Å². The zero-order valence-corrected chi connectivity index (χ0v) is 10.1. The number of rotatable bonds is 6. The average Bonchev–Trinajstić information content (AvgIpc) is 2.32. The average molecular weight is 230 g/mol. The lowest BCUT2D eigenvalue weighted by molar-refractivity contribution is -0.120. The standard InChI is InChI=1S/C14H18N2O/c1-3-9-15-11-14(17)16-10-8-13-7-5-4-6-12(13)2/h1,4-7,15H,8-11H2,2H3,(H,16,17). The van der Waals surface area contributed by atoms with E-state index in [0.717, 1.165) is 6.42 Å². The third kappa shape index (κ3) is 5.19. The van der Waals surface area contributed by atoms with E-state index in [0.29, 0.717) is 13.1 Å². The van der Waals surface area contributed by atoms with Gasteiger partial charge in [0.15, 0.2) is 0 Å². The van der Waals surface area contributed by atoms with E-state index in [-0.39, 0.29) is 12.5 Å². The first-order chi connectivity index (χ1) is 8.24. The molecule has 0 saturated carbocycles. The van der Waals surface area contributed by atoms with Gasteiger partial charge in [-0.3, -0.25) is 10.1 Å². The fourth-order valence-corrected chi connectivity index (χ4v) is 1.54. The second-order valence-corrected chi connectivity index (χ2v) is 3.83. The summed E-state index contributed by atoms with van der Waals surface area (Å²) in [6.45, 7) is 3.43. The zero-order chi connectivity index (χ0) is 12.5. The molecule has 0 spiro atoms. The zero-order valence-electron chi connectivity index (χ0n) is 10.1. The Bertz CT molecular complexity index is 407. The Morgan fingerprint density at radius 3 is 2.88 bits per heavy atom. The number of hydrogen-bond donors (Lipinski definition) is 2. The second-order valence-electron chi connectivity index (χ2n) is 3.83. The summed E-state index contributed by atoms with van der Waals surface area (Å²) in [4.78, 5) is 11.4. The lowest BCUT2D eigenvalue weighted by Gasteiger charge is -2.07. The van der Waals surface area contributed by atoms with Crippen LogP contribution in [-0.4, -0.2) is 25.5 Å².